The SMILES string of the molecule is CC(C)c1ccc(C2C(C(=O)CCc3ccccc3)=C(O)C(=O)N2CC2CCCO2)cc1. The molecule has 2 unspecified atom stereocenters. The molecule has 1 saturated heterocycles. The molecule has 2 atom stereocenters. The lowest BCUT2D eigenvalue weighted by Gasteiger charge is -2.29. The number of ketones is 1. The van der Waals surface area contributed by atoms with E-state index in [0.717, 1.165) is 24.0 Å². The van der Waals surface area contributed by atoms with Gasteiger partial charge in [-0.15, -0.1) is 0 Å². The van der Waals surface area contributed by atoms with Crippen LogP contribution >= 0.6 is 0 Å². The highest BCUT2D eigenvalue weighted by molar-refractivity contribution is 6.09. The number of rotatable bonds is 8. The van der Waals surface area contributed by atoms with Crippen molar-refractivity contribution in [3.05, 3.63) is 82.6 Å². The predicted octanol–water partition coefficient (Wildman–Crippen LogP) is 4.89. The van der Waals surface area contributed by atoms with Crippen molar-refractivity contribution in [1.29, 1.82) is 0 Å². The molecule has 0 aromatic heterocycles. The number of amides is 1. The Bertz CT molecular complexity index is 988. The number of benzene rings is 2. The van der Waals surface area contributed by atoms with Crippen LogP contribution in [-0.4, -0.2) is 41.0 Å². The van der Waals surface area contributed by atoms with Crippen molar-refractivity contribution in [3.8, 4) is 0 Å². The normalized spacial score (nSPS) is 21.1. The highest BCUT2D eigenvalue weighted by atomic mass is 16.5. The molecular formula is C27H31NO4. The van der Waals surface area contributed by atoms with Crippen LogP contribution in [0.15, 0.2) is 65.9 Å². The summed E-state index contributed by atoms with van der Waals surface area (Å²) < 4.78 is 5.76. The zero-order chi connectivity index (χ0) is 22.7. The molecule has 1 N–H and O–H groups in total. The molecule has 5 nitrogen and oxygen atoms in total. The van der Waals surface area contributed by atoms with Crippen LogP contribution in [0.2, 0.25) is 0 Å². The van der Waals surface area contributed by atoms with Crippen molar-refractivity contribution in [1.82, 2.24) is 4.90 Å². The van der Waals surface area contributed by atoms with Crippen LogP contribution in [0.1, 0.15) is 61.8 Å². The van der Waals surface area contributed by atoms with E-state index in [1.54, 1.807) is 4.90 Å². The van der Waals surface area contributed by atoms with Gasteiger partial charge in [-0.25, -0.2) is 0 Å². The number of ether oxygens (including phenoxy) is 1. The maximum atomic E-state index is 13.3. The van der Waals surface area contributed by atoms with Gasteiger partial charge in [-0.05, 0) is 41.9 Å². The largest absolute Gasteiger partial charge is 0.503 e. The van der Waals surface area contributed by atoms with E-state index >= 15 is 0 Å². The lowest BCUT2D eigenvalue weighted by molar-refractivity contribution is -0.131. The second-order valence-corrected chi connectivity index (χ2v) is 8.99. The zero-order valence-corrected chi connectivity index (χ0v) is 18.8. The first-order valence-electron chi connectivity index (χ1n) is 11.5. The molecule has 0 spiro atoms. The third-order valence-corrected chi connectivity index (χ3v) is 6.43. The number of carbonyl (C=O) groups excluding carboxylic acids is 2. The quantitative estimate of drug-likeness (QED) is 0.644. The first kappa shape index (κ1) is 22.3. The Hall–Kier alpha value is -2.92. The lowest BCUT2D eigenvalue weighted by atomic mass is 9.91. The van der Waals surface area contributed by atoms with E-state index in [9.17, 15) is 14.7 Å². The number of aliphatic hydroxyl groups excluding tert-OH is 1. The highest BCUT2D eigenvalue weighted by Gasteiger charge is 2.44. The summed E-state index contributed by atoms with van der Waals surface area (Å²) in [4.78, 5) is 28.0. The standard InChI is InChI=1S/C27H31NO4/c1-18(2)20-11-13-21(14-12-20)25-24(23(29)15-10-19-7-4-3-5-8-19)26(30)27(31)28(25)17-22-9-6-16-32-22/h3-5,7-8,11-14,18,22,25,30H,6,9-10,15-17H2,1-2H3. The fraction of sp³-hybridized carbons (Fsp3) is 0.407. The van der Waals surface area contributed by atoms with Crippen molar-refractivity contribution in [2.45, 2.75) is 57.6 Å². The molecule has 2 aliphatic rings. The van der Waals surface area contributed by atoms with Crippen molar-refractivity contribution in [3.63, 3.8) is 0 Å². The molecule has 1 fully saturated rings. The smallest absolute Gasteiger partial charge is 0.290 e. The Morgan fingerprint density at radius 3 is 2.47 bits per heavy atom. The second-order valence-electron chi connectivity index (χ2n) is 8.99. The molecule has 4 rings (SSSR count). The topological polar surface area (TPSA) is 66.8 Å². The Kier molecular flexibility index (Phi) is 6.75. The van der Waals surface area contributed by atoms with E-state index in [1.165, 1.54) is 5.56 Å². The van der Waals surface area contributed by atoms with Crippen LogP contribution in [0.3, 0.4) is 0 Å². The van der Waals surface area contributed by atoms with Gasteiger partial charge in [-0.1, -0.05) is 68.4 Å². The third kappa shape index (κ3) is 4.63. The summed E-state index contributed by atoms with van der Waals surface area (Å²) in [6.07, 6.45) is 2.58. The molecule has 0 saturated carbocycles. The molecule has 1 amide bonds. The maximum absolute atomic E-state index is 13.3. The van der Waals surface area contributed by atoms with Gasteiger partial charge in [0.05, 0.1) is 17.7 Å². The number of nitrogens with zero attached hydrogens (tertiary/aromatic N) is 1. The first-order chi connectivity index (χ1) is 15.5. The minimum absolute atomic E-state index is 0.0667. The fourth-order valence-corrected chi connectivity index (χ4v) is 4.58. The molecule has 2 aromatic rings. The van der Waals surface area contributed by atoms with E-state index in [1.807, 2.05) is 54.6 Å². The second kappa shape index (κ2) is 9.70. The van der Waals surface area contributed by atoms with Gasteiger partial charge in [0.25, 0.3) is 5.91 Å². The molecule has 0 aliphatic carbocycles. The third-order valence-electron chi connectivity index (χ3n) is 6.43. The number of hydrogen-bond acceptors (Lipinski definition) is 4. The van der Waals surface area contributed by atoms with Gasteiger partial charge in [-0.3, -0.25) is 9.59 Å². The van der Waals surface area contributed by atoms with Crippen molar-refractivity contribution >= 4 is 11.7 Å². The number of Topliss-reactive ketones (excluding diaryl/α,β-unsaturated/α-hetero) is 1. The monoisotopic (exact) mass is 433 g/mol. The van der Waals surface area contributed by atoms with Crippen LogP contribution in [0.5, 0.6) is 0 Å². The summed E-state index contributed by atoms with van der Waals surface area (Å²) in [7, 11) is 0. The Labute approximate surface area is 189 Å². The molecule has 0 radical (unpaired) electrons. The Morgan fingerprint density at radius 1 is 1.12 bits per heavy atom. The van der Waals surface area contributed by atoms with Crippen molar-refractivity contribution < 1.29 is 19.4 Å². The first-order valence-corrected chi connectivity index (χ1v) is 11.5. The van der Waals surface area contributed by atoms with Gasteiger partial charge in [0.1, 0.15) is 0 Å². The van der Waals surface area contributed by atoms with Gasteiger partial charge < -0.3 is 14.7 Å². The number of aliphatic hydroxyl groups is 1. The number of aryl methyl sites for hydroxylation is 1. The molecule has 2 aliphatic heterocycles. The van der Waals surface area contributed by atoms with Gasteiger partial charge in [0, 0.05) is 19.6 Å². The molecule has 168 valence electrons. The van der Waals surface area contributed by atoms with E-state index in [4.69, 9.17) is 4.74 Å². The summed E-state index contributed by atoms with van der Waals surface area (Å²) in [5, 5.41) is 10.8. The average molecular weight is 434 g/mol. The summed E-state index contributed by atoms with van der Waals surface area (Å²) in [5.41, 5.74) is 3.29. The summed E-state index contributed by atoms with van der Waals surface area (Å²) in [6.45, 7) is 5.31. The average Bonchev–Trinajstić information content (AvgIpc) is 3.40. The van der Waals surface area contributed by atoms with Gasteiger partial charge >= 0.3 is 0 Å². The predicted molar refractivity (Wildman–Crippen MR) is 123 cm³/mol. The molecular weight excluding hydrogens is 402 g/mol. The van der Waals surface area contributed by atoms with E-state index < -0.39 is 17.7 Å². The molecule has 2 aromatic carbocycles. The zero-order valence-electron chi connectivity index (χ0n) is 18.8. The van der Waals surface area contributed by atoms with E-state index in [0.29, 0.717) is 25.5 Å². The van der Waals surface area contributed by atoms with Crippen LogP contribution < -0.4 is 0 Å². The van der Waals surface area contributed by atoms with Crippen LogP contribution in [0.25, 0.3) is 0 Å². The summed E-state index contributed by atoms with van der Waals surface area (Å²) in [6, 6.07) is 17.2. The van der Waals surface area contributed by atoms with Crippen LogP contribution in [-0.2, 0) is 20.7 Å². The van der Waals surface area contributed by atoms with Crippen LogP contribution in [0.4, 0.5) is 0 Å². The molecule has 32 heavy (non-hydrogen) atoms. The summed E-state index contributed by atoms with van der Waals surface area (Å²) >= 11 is 0. The van der Waals surface area contributed by atoms with Crippen molar-refractivity contribution in [2.24, 2.45) is 0 Å². The van der Waals surface area contributed by atoms with Crippen molar-refractivity contribution in [2.75, 3.05) is 13.2 Å². The number of hydrogen-bond donors (Lipinski definition) is 1. The Balaban J connectivity index is 1.63. The summed E-state index contributed by atoms with van der Waals surface area (Å²) in [5.74, 6) is -0.707. The fourth-order valence-electron chi connectivity index (χ4n) is 4.58. The lowest BCUT2D eigenvalue weighted by Crippen LogP contribution is -2.37. The Morgan fingerprint density at radius 2 is 1.84 bits per heavy atom. The van der Waals surface area contributed by atoms with E-state index in [-0.39, 0.29) is 23.9 Å². The van der Waals surface area contributed by atoms with E-state index in [2.05, 4.69) is 13.8 Å². The highest BCUT2D eigenvalue weighted by Crippen LogP contribution is 2.39. The van der Waals surface area contributed by atoms with Gasteiger partial charge in [-0.2, -0.15) is 0 Å². The number of carbonyl (C=O) groups is 2. The minimum Gasteiger partial charge on any atom is -0.503 e. The molecule has 5 heteroatoms. The minimum atomic E-state index is -0.587. The van der Waals surface area contributed by atoms with Gasteiger partial charge in [0.15, 0.2) is 11.5 Å². The molecule has 0 bridgehead atoms. The molecule has 2 heterocycles. The maximum Gasteiger partial charge on any atom is 0.290 e. The van der Waals surface area contributed by atoms with Gasteiger partial charge in [0.2, 0.25) is 0 Å². The van der Waals surface area contributed by atoms with Crippen LogP contribution in [0, 0.1) is 0 Å².